The van der Waals surface area contributed by atoms with E-state index >= 15 is 0 Å². The Morgan fingerprint density at radius 3 is 2.70 bits per heavy atom. The Hall–Kier alpha value is -3.41. The average molecular weight is 537 g/mol. The molecular weight excluding hydrogens is 512 g/mol. The van der Waals surface area contributed by atoms with Gasteiger partial charge >= 0.3 is 0 Å². The molecule has 2 atom stereocenters. The van der Waals surface area contributed by atoms with Gasteiger partial charge in [0.15, 0.2) is 11.5 Å². The molecule has 1 aromatic carbocycles. The smallest absolute Gasteiger partial charge is 0.267 e. The number of amides is 1. The van der Waals surface area contributed by atoms with E-state index in [1.807, 2.05) is 38.1 Å². The number of aromatic nitrogens is 2. The molecule has 3 aromatic rings. The quantitative estimate of drug-likeness (QED) is 0.368. The molecule has 0 spiro atoms. The van der Waals surface area contributed by atoms with Gasteiger partial charge in [-0.3, -0.25) is 18.9 Å². The van der Waals surface area contributed by atoms with Crippen molar-refractivity contribution in [1.29, 1.82) is 0 Å². The number of thioether (sulfide) groups is 1. The molecule has 0 radical (unpaired) electrons. The van der Waals surface area contributed by atoms with Gasteiger partial charge in [0.1, 0.15) is 15.8 Å². The maximum atomic E-state index is 13.6. The third-order valence-corrected chi connectivity index (χ3v) is 7.77. The molecule has 9 nitrogen and oxygen atoms in total. The number of fused-ring (bicyclic) bond motifs is 2. The molecule has 3 aliphatic heterocycles. The molecule has 37 heavy (non-hydrogen) atoms. The SMILES string of the molecule is CC1CN(c2nc3ccccn3c(=O)c2/C=C2\SC(=S)N(Cc3ccc4c(c3)OCO4)C2=O)CC(C)O1. The molecule has 2 aromatic heterocycles. The van der Waals surface area contributed by atoms with E-state index in [9.17, 15) is 9.59 Å². The summed E-state index contributed by atoms with van der Waals surface area (Å²) in [4.78, 5) is 35.9. The third kappa shape index (κ3) is 4.47. The first kappa shape index (κ1) is 24.0. The monoisotopic (exact) mass is 536 g/mol. The van der Waals surface area contributed by atoms with Crippen LogP contribution in [-0.4, -0.2) is 56.6 Å². The summed E-state index contributed by atoms with van der Waals surface area (Å²) >= 11 is 6.74. The Balaban J connectivity index is 1.37. The number of carbonyl (C=O) groups is 1. The zero-order valence-corrected chi connectivity index (χ0v) is 21.9. The molecule has 5 heterocycles. The largest absolute Gasteiger partial charge is 0.454 e. The summed E-state index contributed by atoms with van der Waals surface area (Å²) in [5, 5.41) is 0. The van der Waals surface area contributed by atoms with Crippen LogP contribution in [0.1, 0.15) is 25.0 Å². The number of hydrogen-bond donors (Lipinski definition) is 0. The van der Waals surface area contributed by atoms with Crippen LogP contribution in [0.5, 0.6) is 11.5 Å². The van der Waals surface area contributed by atoms with Gasteiger partial charge in [0.05, 0.1) is 29.2 Å². The van der Waals surface area contributed by atoms with Gasteiger partial charge in [-0.25, -0.2) is 4.98 Å². The fourth-order valence-electron chi connectivity index (χ4n) is 4.80. The molecule has 2 fully saturated rings. The van der Waals surface area contributed by atoms with Gasteiger partial charge in [-0.05, 0) is 49.8 Å². The van der Waals surface area contributed by atoms with E-state index in [4.69, 9.17) is 31.4 Å². The first-order valence-corrected chi connectivity index (χ1v) is 13.2. The summed E-state index contributed by atoms with van der Waals surface area (Å²) in [6.07, 6.45) is 3.27. The predicted octanol–water partition coefficient (Wildman–Crippen LogP) is 3.44. The number of nitrogens with zero attached hydrogens (tertiary/aromatic N) is 4. The zero-order valence-electron chi connectivity index (χ0n) is 20.2. The number of hydrogen-bond acceptors (Lipinski definition) is 9. The first-order valence-electron chi connectivity index (χ1n) is 11.9. The average Bonchev–Trinajstić information content (AvgIpc) is 3.44. The highest BCUT2D eigenvalue weighted by Gasteiger charge is 2.34. The molecule has 6 rings (SSSR count). The molecule has 0 saturated carbocycles. The number of anilines is 1. The number of carbonyl (C=O) groups excluding carboxylic acids is 1. The number of thiocarbonyl (C=S) groups is 1. The van der Waals surface area contributed by atoms with E-state index in [1.54, 1.807) is 24.4 Å². The van der Waals surface area contributed by atoms with Crippen molar-refractivity contribution >= 4 is 51.7 Å². The number of rotatable bonds is 4. The molecule has 190 valence electrons. The topological polar surface area (TPSA) is 85.6 Å². The Bertz CT molecular complexity index is 1510. The molecule has 0 bridgehead atoms. The van der Waals surface area contributed by atoms with Gasteiger partial charge in [0, 0.05) is 19.3 Å². The van der Waals surface area contributed by atoms with E-state index < -0.39 is 0 Å². The van der Waals surface area contributed by atoms with Crippen molar-refractivity contribution in [3.05, 3.63) is 69.0 Å². The summed E-state index contributed by atoms with van der Waals surface area (Å²) < 4.78 is 18.6. The summed E-state index contributed by atoms with van der Waals surface area (Å²) in [6.45, 7) is 5.65. The van der Waals surface area contributed by atoms with Crippen molar-refractivity contribution in [3.63, 3.8) is 0 Å². The Morgan fingerprint density at radius 1 is 1.11 bits per heavy atom. The van der Waals surface area contributed by atoms with Crippen molar-refractivity contribution in [2.45, 2.75) is 32.6 Å². The molecular formula is C26H24N4O5S2. The lowest BCUT2D eigenvalue weighted by atomic mass is 10.1. The lowest BCUT2D eigenvalue weighted by molar-refractivity contribution is -0.122. The minimum Gasteiger partial charge on any atom is -0.454 e. The van der Waals surface area contributed by atoms with Crippen LogP contribution in [0.2, 0.25) is 0 Å². The zero-order chi connectivity index (χ0) is 25.7. The van der Waals surface area contributed by atoms with Gasteiger partial charge < -0.3 is 19.1 Å². The highest BCUT2D eigenvalue weighted by atomic mass is 32.2. The second-order valence-corrected chi connectivity index (χ2v) is 10.9. The minimum atomic E-state index is -0.250. The van der Waals surface area contributed by atoms with Crippen molar-refractivity contribution in [3.8, 4) is 11.5 Å². The van der Waals surface area contributed by atoms with Gasteiger partial charge in [0.2, 0.25) is 6.79 Å². The van der Waals surface area contributed by atoms with Crippen LogP contribution < -0.4 is 19.9 Å². The van der Waals surface area contributed by atoms with Crippen LogP contribution in [0.15, 0.2) is 52.3 Å². The van der Waals surface area contributed by atoms with Crippen LogP contribution in [0.4, 0.5) is 5.82 Å². The lowest BCUT2D eigenvalue weighted by Crippen LogP contribution is -2.46. The second kappa shape index (κ2) is 9.47. The second-order valence-electron chi connectivity index (χ2n) is 9.20. The predicted molar refractivity (Wildman–Crippen MR) is 145 cm³/mol. The van der Waals surface area contributed by atoms with E-state index in [-0.39, 0.29) is 30.5 Å². The third-order valence-electron chi connectivity index (χ3n) is 6.39. The van der Waals surface area contributed by atoms with E-state index in [1.165, 1.54) is 21.1 Å². The van der Waals surface area contributed by atoms with Crippen molar-refractivity contribution in [2.24, 2.45) is 0 Å². The maximum Gasteiger partial charge on any atom is 0.267 e. The minimum absolute atomic E-state index is 0.0208. The van der Waals surface area contributed by atoms with E-state index in [0.717, 1.165) is 5.56 Å². The molecule has 2 saturated heterocycles. The number of ether oxygens (including phenoxy) is 3. The van der Waals surface area contributed by atoms with E-state index in [2.05, 4.69) is 4.90 Å². The first-order chi connectivity index (χ1) is 17.9. The molecule has 3 aliphatic rings. The Kier molecular flexibility index (Phi) is 6.13. The number of pyridine rings is 1. The summed E-state index contributed by atoms with van der Waals surface area (Å²) in [5.41, 5.74) is 1.52. The Morgan fingerprint density at radius 2 is 1.89 bits per heavy atom. The van der Waals surface area contributed by atoms with Gasteiger partial charge in [-0.2, -0.15) is 0 Å². The molecule has 0 N–H and O–H groups in total. The summed E-state index contributed by atoms with van der Waals surface area (Å²) in [6, 6.07) is 11.0. The van der Waals surface area contributed by atoms with Crippen LogP contribution in [-0.2, 0) is 16.1 Å². The fourth-order valence-corrected chi connectivity index (χ4v) is 6.04. The number of benzene rings is 1. The highest BCUT2D eigenvalue weighted by Crippen LogP contribution is 2.37. The normalized spacial score (nSPS) is 22.5. The van der Waals surface area contributed by atoms with Crippen molar-refractivity contribution in [2.75, 3.05) is 24.8 Å². The van der Waals surface area contributed by atoms with Gasteiger partial charge in [-0.1, -0.05) is 36.1 Å². The lowest BCUT2D eigenvalue weighted by Gasteiger charge is -2.36. The molecule has 0 aliphatic carbocycles. The van der Waals surface area contributed by atoms with Crippen molar-refractivity contribution < 1.29 is 19.0 Å². The maximum absolute atomic E-state index is 13.6. The summed E-state index contributed by atoms with van der Waals surface area (Å²) in [5.74, 6) is 1.61. The van der Waals surface area contributed by atoms with Gasteiger partial charge in [0.25, 0.3) is 11.5 Å². The molecule has 2 unspecified atom stereocenters. The van der Waals surface area contributed by atoms with E-state index in [0.29, 0.717) is 57.4 Å². The standard InChI is InChI=1S/C26H24N4O5S2/c1-15-11-28(12-16(2)35-15)23-18(24(31)29-8-4-3-5-22(29)27-23)10-21-25(32)30(26(36)37-21)13-17-6-7-19-20(9-17)34-14-33-19/h3-10,15-16H,11-14H2,1-2H3/b21-10-. The van der Waals surface area contributed by atoms with Gasteiger partial charge in [-0.15, -0.1) is 0 Å². The summed E-state index contributed by atoms with van der Waals surface area (Å²) in [7, 11) is 0. The highest BCUT2D eigenvalue weighted by molar-refractivity contribution is 8.26. The van der Waals surface area contributed by atoms with Crippen molar-refractivity contribution in [1.82, 2.24) is 14.3 Å². The molecule has 1 amide bonds. The van der Waals surface area contributed by atoms with Crippen LogP contribution in [0, 0.1) is 0 Å². The Labute approximate surface area is 222 Å². The van der Waals surface area contributed by atoms with Crippen LogP contribution in [0.3, 0.4) is 0 Å². The molecule has 11 heteroatoms. The number of morpholine rings is 1. The van der Waals surface area contributed by atoms with Crippen LogP contribution in [0.25, 0.3) is 11.7 Å². The fraction of sp³-hybridized carbons (Fsp3) is 0.308. The van der Waals surface area contributed by atoms with Crippen LogP contribution >= 0.6 is 24.0 Å².